The average Bonchev–Trinajstić information content (AvgIpc) is 3.04. The van der Waals surface area contributed by atoms with Gasteiger partial charge in [0.1, 0.15) is 0 Å². The van der Waals surface area contributed by atoms with E-state index in [2.05, 4.69) is 53.7 Å². The minimum absolute atomic E-state index is 0.0278. The molecule has 4 rings (SSSR count). The molecule has 2 heterocycles. The second-order valence-electron chi connectivity index (χ2n) is 9.30. The van der Waals surface area contributed by atoms with Gasteiger partial charge in [0.2, 0.25) is 11.8 Å². The van der Waals surface area contributed by atoms with E-state index in [4.69, 9.17) is 0 Å². The summed E-state index contributed by atoms with van der Waals surface area (Å²) >= 11 is 0. The quantitative estimate of drug-likeness (QED) is 0.683. The number of hydrogen-bond donors (Lipinski definition) is 2. The maximum atomic E-state index is 12.6. The Labute approximate surface area is 197 Å². The topological polar surface area (TPSA) is 74.3 Å². The van der Waals surface area contributed by atoms with Gasteiger partial charge in [-0.15, -0.1) is 0 Å². The number of halogens is 3. The highest BCUT2D eigenvalue weighted by Crippen LogP contribution is 2.39. The van der Waals surface area contributed by atoms with Crippen molar-refractivity contribution >= 4 is 17.5 Å². The maximum absolute atomic E-state index is 12.6. The summed E-state index contributed by atoms with van der Waals surface area (Å²) in [6.45, 7) is 1.79. The monoisotopic (exact) mass is 476 g/mol. The van der Waals surface area contributed by atoms with E-state index in [-0.39, 0.29) is 23.1 Å². The van der Waals surface area contributed by atoms with E-state index in [9.17, 15) is 22.8 Å². The Hall–Kier alpha value is -3.10. The van der Waals surface area contributed by atoms with Crippen LogP contribution in [0.2, 0.25) is 0 Å². The lowest BCUT2D eigenvalue weighted by molar-refractivity contribution is -0.136. The van der Waals surface area contributed by atoms with Crippen LogP contribution in [0.3, 0.4) is 0 Å². The van der Waals surface area contributed by atoms with Crippen LogP contribution in [0.25, 0.3) is 0 Å². The molecule has 0 radical (unpaired) electrons. The number of piperidine rings is 1. The summed E-state index contributed by atoms with van der Waals surface area (Å²) in [7, 11) is 1.80. The molecule has 34 heavy (non-hydrogen) atoms. The third-order valence-corrected chi connectivity index (χ3v) is 6.56. The van der Waals surface area contributed by atoms with Crippen LogP contribution in [0.1, 0.15) is 43.5 Å². The van der Waals surface area contributed by atoms with Gasteiger partial charge >= 0.3 is 6.68 Å². The molecular formula is C25H31F3N4O2. The zero-order valence-corrected chi connectivity index (χ0v) is 19.7. The van der Waals surface area contributed by atoms with E-state index in [0.717, 1.165) is 17.8 Å². The molecule has 2 atom stereocenters. The molecule has 1 aromatic heterocycles. The number of carbonyl (C=O) groups excluding carboxylic acids is 2. The van der Waals surface area contributed by atoms with Gasteiger partial charge in [-0.2, -0.15) is 13.2 Å². The van der Waals surface area contributed by atoms with Crippen molar-refractivity contribution in [1.29, 1.82) is 0 Å². The lowest BCUT2D eigenvalue weighted by Crippen LogP contribution is -2.43. The van der Waals surface area contributed by atoms with Gasteiger partial charge in [-0.1, -0.05) is 38.1 Å². The molecule has 0 bridgehead atoms. The Morgan fingerprint density at radius 3 is 2.53 bits per heavy atom. The fourth-order valence-electron chi connectivity index (χ4n) is 4.60. The predicted octanol–water partition coefficient (Wildman–Crippen LogP) is 4.06. The van der Waals surface area contributed by atoms with Gasteiger partial charge in [0.15, 0.2) is 0 Å². The lowest BCUT2D eigenvalue weighted by atomic mass is 9.83. The zero-order valence-electron chi connectivity index (χ0n) is 19.7. The standard InChI is InChI=1S/C24H30N4O2.CHF3/c1-24(2)20-7-5-4-6-16(20)12-21(24)27-18-9-10-19(25-14-18)15-28(3)23(30)17-8-11-22(29)26-13-17;2-1(3)4/h4-7,9-10,14,17,21,27H,8,11-13,15H2,1-3H3,(H,26,29);1H. The zero-order chi connectivity index (χ0) is 24.9. The molecule has 2 N–H and O–H groups in total. The number of anilines is 1. The minimum atomic E-state index is -3.67. The molecule has 1 aliphatic carbocycles. The first-order valence-corrected chi connectivity index (χ1v) is 11.3. The lowest BCUT2D eigenvalue weighted by Gasteiger charge is -2.30. The summed E-state index contributed by atoms with van der Waals surface area (Å²) in [4.78, 5) is 30.2. The highest BCUT2D eigenvalue weighted by Gasteiger charge is 2.39. The van der Waals surface area contributed by atoms with Crippen LogP contribution < -0.4 is 10.6 Å². The Balaban J connectivity index is 0.000000751. The van der Waals surface area contributed by atoms with E-state index in [0.29, 0.717) is 32.0 Å². The Kier molecular flexibility index (Phi) is 8.17. The molecule has 0 spiro atoms. The van der Waals surface area contributed by atoms with Gasteiger partial charge in [0.05, 0.1) is 30.0 Å². The van der Waals surface area contributed by atoms with Crippen LogP contribution in [0.15, 0.2) is 42.6 Å². The van der Waals surface area contributed by atoms with Crippen molar-refractivity contribution in [2.75, 3.05) is 18.9 Å². The number of alkyl halides is 3. The van der Waals surface area contributed by atoms with Crippen molar-refractivity contribution < 1.29 is 22.8 Å². The van der Waals surface area contributed by atoms with Crippen molar-refractivity contribution in [2.45, 2.75) is 57.8 Å². The van der Waals surface area contributed by atoms with Crippen LogP contribution in [-0.4, -0.2) is 48.0 Å². The normalized spacial score (nSPS) is 20.6. The third-order valence-electron chi connectivity index (χ3n) is 6.56. The SMILES string of the molecule is CN(Cc1ccc(NC2Cc3ccccc3C2(C)C)cn1)C(=O)C1CCC(=O)NC1.FC(F)F. The summed E-state index contributed by atoms with van der Waals surface area (Å²) in [5.41, 5.74) is 4.71. The van der Waals surface area contributed by atoms with Crippen LogP contribution in [-0.2, 0) is 28.0 Å². The molecular weight excluding hydrogens is 445 g/mol. The van der Waals surface area contributed by atoms with E-state index in [1.807, 2.05) is 18.3 Å². The Morgan fingerprint density at radius 1 is 1.24 bits per heavy atom. The summed E-state index contributed by atoms with van der Waals surface area (Å²) < 4.78 is 29.0. The fourth-order valence-corrected chi connectivity index (χ4v) is 4.60. The molecule has 1 aliphatic heterocycles. The van der Waals surface area contributed by atoms with Crippen molar-refractivity contribution in [2.24, 2.45) is 5.92 Å². The molecule has 9 heteroatoms. The minimum Gasteiger partial charge on any atom is -0.380 e. The molecule has 2 amide bonds. The molecule has 1 fully saturated rings. The number of carbonyl (C=O) groups is 2. The molecule has 2 unspecified atom stereocenters. The van der Waals surface area contributed by atoms with E-state index in [1.165, 1.54) is 11.1 Å². The van der Waals surface area contributed by atoms with Gasteiger partial charge in [-0.25, -0.2) is 0 Å². The summed E-state index contributed by atoms with van der Waals surface area (Å²) in [6, 6.07) is 13.0. The van der Waals surface area contributed by atoms with Crippen LogP contribution >= 0.6 is 0 Å². The number of amides is 2. The number of benzene rings is 1. The fraction of sp³-hybridized carbons (Fsp3) is 0.480. The summed E-state index contributed by atoms with van der Waals surface area (Å²) in [6.07, 6.45) is 3.89. The van der Waals surface area contributed by atoms with E-state index >= 15 is 0 Å². The number of fused-ring (bicyclic) bond motifs is 1. The number of aromatic nitrogens is 1. The number of rotatable bonds is 5. The predicted molar refractivity (Wildman–Crippen MR) is 124 cm³/mol. The second kappa shape index (κ2) is 10.9. The molecule has 184 valence electrons. The number of nitrogens with one attached hydrogen (secondary N) is 2. The number of pyridine rings is 1. The highest BCUT2D eigenvalue weighted by molar-refractivity contribution is 5.83. The highest BCUT2D eigenvalue weighted by atomic mass is 19.4. The number of nitrogens with zero attached hydrogens (tertiary/aromatic N) is 2. The van der Waals surface area contributed by atoms with Crippen LogP contribution in [0.4, 0.5) is 18.9 Å². The van der Waals surface area contributed by atoms with Crippen LogP contribution in [0.5, 0.6) is 0 Å². The first-order valence-electron chi connectivity index (χ1n) is 11.3. The number of hydrogen-bond acceptors (Lipinski definition) is 4. The van der Waals surface area contributed by atoms with E-state index in [1.54, 1.807) is 11.9 Å². The van der Waals surface area contributed by atoms with E-state index < -0.39 is 6.68 Å². The van der Waals surface area contributed by atoms with Crippen molar-refractivity contribution in [3.8, 4) is 0 Å². The molecule has 2 aliphatic rings. The molecule has 1 saturated heterocycles. The molecule has 1 aromatic carbocycles. The largest absolute Gasteiger partial charge is 0.380 e. The average molecular weight is 477 g/mol. The first kappa shape index (κ1) is 25.5. The smallest absolute Gasteiger partial charge is 0.379 e. The first-order chi connectivity index (χ1) is 16.1. The summed E-state index contributed by atoms with van der Waals surface area (Å²) in [5.74, 6) is -0.0515. The van der Waals surface area contributed by atoms with Crippen molar-refractivity contribution in [3.05, 3.63) is 59.4 Å². The molecule has 6 nitrogen and oxygen atoms in total. The van der Waals surface area contributed by atoms with Gasteiger partial charge in [-0.05, 0) is 36.1 Å². The van der Waals surface area contributed by atoms with Gasteiger partial charge in [0.25, 0.3) is 0 Å². The van der Waals surface area contributed by atoms with Gasteiger partial charge < -0.3 is 15.5 Å². The third kappa shape index (κ3) is 6.27. The van der Waals surface area contributed by atoms with Crippen LogP contribution in [0, 0.1) is 5.92 Å². The second-order valence-corrected chi connectivity index (χ2v) is 9.30. The van der Waals surface area contributed by atoms with Gasteiger partial charge in [0, 0.05) is 31.5 Å². The molecule has 2 aromatic rings. The Bertz CT molecular complexity index is 985. The Morgan fingerprint density at radius 2 is 1.94 bits per heavy atom. The van der Waals surface area contributed by atoms with Gasteiger partial charge in [-0.3, -0.25) is 14.6 Å². The summed E-state index contributed by atoms with van der Waals surface area (Å²) in [5, 5.41) is 6.43. The van der Waals surface area contributed by atoms with Crippen molar-refractivity contribution in [1.82, 2.24) is 15.2 Å². The maximum Gasteiger partial charge on any atom is 0.379 e. The molecule has 0 saturated carbocycles. The van der Waals surface area contributed by atoms with Crippen molar-refractivity contribution in [3.63, 3.8) is 0 Å².